The molecule has 5 heteroatoms. The molecular weight excluding hydrogens is 254 g/mol. The van der Waals surface area contributed by atoms with Crippen LogP contribution in [0.1, 0.15) is 23.1 Å². The number of hydrogen-bond acceptors (Lipinski definition) is 4. The summed E-state index contributed by atoms with van der Waals surface area (Å²) in [5.74, 6) is 0.269. The van der Waals surface area contributed by atoms with Crippen molar-refractivity contribution >= 4 is 21.2 Å². The molecule has 0 saturated carbocycles. The lowest BCUT2D eigenvalue weighted by molar-refractivity contribution is 0.542. The standard InChI is InChI=1S/C12H21NO2S2/c1-10(9-12-6-5-11(2)16-12)13-7-4-8-17(3,14)15/h5-6,10,13H,4,7-9H2,1-3H3. The van der Waals surface area contributed by atoms with Gasteiger partial charge in [-0.3, -0.25) is 0 Å². The largest absolute Gasteiger partial charge is 0.314 e. The minimum atomic E-state index is -2.82. The molecule has 0 spiro atoms. The van der Waals surface area contributed by atoms with E-state index in [-0.39, 0.29) is 5.75 Å². The molecule has 0 aliphatic carbocycles. The molecule has 0 radical (unpaired) electrons. The Morgan fingerprint density at radius 1 is 1.41 bits per heavy atom. The van der Waals surface area contributed by atoms with E-state index in [1.807, 2.05) is 11.3 Å². The van der Waals surface area contributed by atoms with Gasteiger partial charge in [-0.2, -0.15) is 0 Å². The summed E-state index contributed by atoms with van der Waals surface area (Å²) in [5, 5.41) is 3.36. The molecular formula is C12H21NO2S2. The van der Waals surface area contributed by atoms with E-state index in [1.54, 1.807) is 0 Å². The summed E-state index contributed by atoms with van der Waals surface area (Å²) in [5.41, 5.74) is 0. The van der Waals surface area contributed by atoms with Crippen LogP contribution in [-0.4, -0.2) is 33.0 Å². The first-order valence-corrected chi connectivity index (χ1v) is 8.71. The highest BCUT2D eigenvalue weighted by molar-refractivity contribution is 7.90. The zero-order chi connectivity index (χ0) is 12.9. The molecule has 0 saturated heterocycles. The Bertz CT molecular complexity index is 437. The number of rotatable bonds is 7. The molecule has 1 aromatic heterocycles. The number of sulfone groups is 1. The second-order valence-corrected chi connectivity index (χ2v) is 8.19. The van der Waals surface area contributed by atoms with E-state index in [1.165, 1.54) is 16.0 Å². The average Bonchev–Trinajstić information content (AvgIpc) is 2.57. The quantitative estimate of drug-likeness (QED) is 0.774. The first-order valence-electron chi connectivity index (χ1n) is 5.83. The van der Waals surface area contributed by atoms with Crippen LogP contribution in [0.5, 0.6) is 0 Å². The van der Waals surface area contributed by atoms with Gasteiger partial charge in [-0.05, 0) is 45.4 Å². The maximum absolute atomic E-state index is 10.9. The van der Waals surface area contributed by atoms with Gasteiger partial charge in [0.2, 0.25) is 0 Å². The van der Waals surface area contributed by atoms with Crippen molar-refractivity contribution in [1.82, 2.24) is 5.32 Å². The Morgan fingerprint density at radius 2 is 2.12 bits per heavy atom. The number of nitrogens with one attached hydrogen (secondary N) is 1. The van der Waals surface area contributed by atoms with Crippen LogP contribution >= 0.6 is 11.3 Å². The SMILES string of the molecule is Cc1ccc(CC(C)NCCCS(C)(=O)=O)s1. The zero-order valence-corrected chi connectivity index (χ0v) is 12.3. The van der Waals surface area contributed by atoms with Crippen LogP contribution < -0.4 is 5.32 Å². The smallest absolute Gasteiger partial charge is 0.147 e. The lowest BCUT2D eigenvalue weighted by Gasteiger charge is -2.12. The second kappa shape index (κ2) is 6.52. The zero-order valence-electron chi connectivity index (χ0n) is 10.7. The van der Waals surface area contributed by atoms with Crippen molar-refractivity contribution in [3.8, 4) is 0 Å². The lowest BCUT2D eigenvalue weighted by Crippen LogP contribution is -2.29. The maximum Gasteiger partial charge on any atom is 0.147 e. The van der Waals surface area contributed by atoms with Gasteiger partial charge in [-0.25, -0.2) is 8.42 Å². The van der Waals surface area contributed by atoms with Gasteiger partial charge in [-0.15, -0.1) is 11.3 Å². The van der Waals surface area contributed by atoms with Gasteiger partial charge in [0.1, 0.15) is 9.84 Å². The van der Waals surface area contributed by atoms with Crippen molar-refractivity contribution in [3.63, 3.8) is 0 Å². The highest BCUT2D eigenvalue weighted by Crippen LogP contribution is 2.16. The van der Waals surface area contributed by atoms with E-state index in [9.17, 15) is 8.42 Å². The predicted octanol–water partition coefficient (Wildman–Crippen LogP) is 2.01. The van der Waals surface area contributed by atoms with Crippen LogP contribution in [0.3, 0.4) is 0 Å². The fourth-order valence-corrected chi connectivity index (χ4v) is 3.34. The van der Waals surface area contributed by atoms with Crippen molar-refractivity contribution < 1.29 is 8.42 Å². The molecule has 0 aliphatic heterocycles. The van der Waals surface area contributed by atoms with E-state index < -0.39 is 9.84 Å². The highest BCUT2D eigenvalue weighted by Gasteiger charge is 2.06. The summed E-state index contributed by atoms with van der Waals surface area (Å²) in [6.45, 7) is 5.01. The summed E-state index contributed by atoms with van der Waals surface area (Å²) in [6, 6.07) is 4.69. The van der Waals surface area contributed by atoms with Crippen LogP contribution in [0.25, 0.3) is 0 Å². The molecule has 0 amide bonds. The van der Waals surface area contributed by atoms with E-state index in [0.29, 0.717) is 12.5 Å². The molecule has 0 aliphatic rings. The minimum absolute atomic E-state index is 0.269. The third-order valence-corrected chi connectivity index (χ3v) is 4.54. The fraction of sp³-hybridized carbons (Fsp3) is 0.667. The average molecular weight is 275 g/mol. The predicted molar refractivity (Wildman–Crippen MR) is 74.6 cm³/mol. The van der Waals surface area contributed by atoms with E-state index in [4.69, 9.17) is 0 Å². The van der Waals surface area contributed by atoms with Gasteiger partial charge in [-0.1, -0.05) is 0 Å². The lowest BCUT2D eigenvalue weighted by atomic mass is 10.2. The Balaban J connectivity index is 2.20. The monoisotopic (exact) mass is 275 g/mol. The molecule has 1 rings (SSSR count). The van der Waals surface area contributed by atoms with Gasteiger partial charge in [0.05, 0.1) is 5.75 Å². The third kappa shape index (κ3) is 6.81. The molecule has 0 aromatic carbocycles. The molecule has 1 heterocycles. The van der Waals surface area contributed by atoms with E-state index in [2.05, 4.69) is 31.3 Å². The summed E-state index contributed by atoms with van der Waals surface area (Å²) in [6.07, 6.45) is 2.98. The Morgan fingerprint density at radius 3 is 2.65 bits per heavy atom. The van der Waals surface area contributed by atoms with Gasteiger partial charge in [0, 0.05) is 22.1 Å². The molecule has 0 fully saturated rings. The van der Waals surface area contributed by atoms with Gasteiger partial charge < -0.3 is 5.32 Å². The Kier molecular flexibility index (Phi) is 5.62. The number of hydrogen-bond donors (Lipinski definition) is 1. The highest BCUT2D eigenvalue weighted by atomic mass is 32.2. The molecule has 1 aromatic rings. The molecule has 98 valence electrons. The minimum Gasteiger partial charge on any atom is -0.314 e. The van der Waals surface area contributed by atoms with Crippen molar-refractivity contribution in [2.75, 3.05) is 18.6 Å². The van der Waals surface area contributed by atoms with Crippen LogP contribution in [0.4, 0.5) is 0 Å². The van der Waals surface area contributed by atoms with Crippen molar-refractivity contribution in [2.45, 2.75) is 32.7 Å². The van der Waals surface area contributed by atoms with Crippen LogP contribution in [0.2, 0.25) is 0 Å². The summed E-state index contributed by atoms with van der Waals surface area (Å²) in [7, 11) is -2.82. The molecule has 1 atom stereocenters. The van der Waals surface area contributed by atoms with E-state index >= 15 is 0 Å². The molecule has 1 N–H and O–H groups in total. The summed E-state index contributed by atoms with van der Waals surface area (Å²) >= 11 is 1.82. The maximum atomic E-state index is 10.9. The van der Waals surface area contributed by atoms with E-state index in [0.717, 1.165) is 13.0 Å². The molecule has 17 heavy (non-hydrogen) atoms. The fourth-order valence-electron chi connectivity index (χ4n) is 1.65. The number of aryl methyl sites for hydroxylation is 1. The van der Waals surface area contributed by atoms with Crippen LogP contribution in [-0.2, 0) is 16.3 Å². The van der Waals surface area contributed by atoms with Gasteiger partial charge in [0.25, 0.3) is 0 Å². The first-order chi connectivity index (χ1) is 7.87. The Hall–Kier alpha value is -0.390. The van der Waals surface area contributed by atoms with Gasteiger partial charge >= 0.3 is 0 Å². The van der Waals surface area contributed by atoms with Crippen LogP contribution in [0, 0.1) is 6.92 Å². The topological polar surface area (TPSA) is 46.2 Å². The molecule has 0 bridgehead atoms. The third-order valence-electron chi connectivity index (χ3n) is 2.49. The van der Waals surface area contributed by atoms with Crippen molar-refractivity contribution in [1.29, 1.82) is 0 Å². The Labute approximate surface area is 108 Å². The van der Waals surface area contributed by atoms with Crippen LogP contribution in [0.15, 0.2) is 12.1 Å². The van der Waals surface area contributed by atoms with Gasteiger partial charge in [0.15, 0.2) is 0 Å². The first kappa shape index (κ1) is 14.7. The normalized spacial score (nSPS) is 13.8. The second-order valence-electron chi connectivity index (χ2n) is 4.56. The van der Waals surface area contributed by atoms with Crippen molar-refractivity contribution in [2.24, 2.45) is 0 Å². The van der Waals surface area contributed by atoms with Crippen molar-refractivity contribution in [3.05, 3.63) is 21.9 Å². The molecule has 3 nitrogen and oxygen atoms in total. The summed E-state index contributed by atoms with van der Waals surface area (Å²) in [4.78, 5) is 2.72. The summed E-state index contributed by atoms with van der Waals surface area (Å²) < 4.78 is 21.9. The number of thiophene rings is 1. The molecule has 1 unspecified atom stereocenters.